The second kappa shape index (κ2) is 9.53. The SMILES string of the molecule is C=CC(=O)OCC(O)COCCC[SiH](C)O. The molecule has 0 bridgehead atoms. The van der Waals surface area contributed by atoms with E-state index in [9.17, 15) is 9.90 Å². The van der Waals surface area contributed by atoms with E-state index in [2.05, 4.69) is 11.3 Å². The summed E-state index contributed by atoms with van der Waals surface area (Å²) in [5, 5.41) is 9.32. The van der Waals surface area contributed by atoms with Crippen LogP contribution in [0.2, 0.25) is 12.6 Å². The summed E-state index contributed by atoms with van der Waals surface area (Å²) in [5.41, 5.74) is 0. The molecule has 0 aliphatic heterocycles. The van der Waals surface area contributed by atoms with Crippen molar-refractivity contribution < 1.29 is 24.2 Å². The van der Waals surface area contributed by atoms with Crippen LogP contribution in [0.5, 0.6) is 0 Å². The molecular formula is C10H20O5Si. The minimum Gasteiger partial charge on any atom is -0.460 e. The zero-order valence-electron chi connectivity index (χ0n) is 9.59. The number of esters is 1. The molecule has 0 rings (SSSR count). The smallest absolute Gasteiger partial charge is 0.330 e. The molecule has 16 heavy (non-hydrogen) atoms. The van der Waals surface area contributed by atoms with Crippen LogP contribution in [0.25, 0.3) is 0 Å². The summed E-state index contributed by atoms with van der Waals surface area (Å²) in [6.45, 7) is 5.63. The molecule has 6 heteroatoms. The molecule has 0 fully saturated rings. The Kier molecular flexibility index (Phi) is 9.11. The first-order valence-electron chi connectivity index (χ1n) is 5.29. The van der Waals surface area contributed by atoms with Crippen molar-refractivity contribution in [3.8, 4) is 0 Å². The van der Waals surface area contributed by atoms with E-state index in [1.807, 2.05) is 6.55 Å². The monoisotopic (exact) mass is 248 g/mol. The lowest BCUT2D eigenvalue weighted by atomic mass is 10.4. The molecule has 0 aliphatic carbocycles. The summed E-state index contributed by atoms with van der Waals surface area (Å²) in [7, 11) is -1.49. The molecule has 2 N–H and O–H groups in total. The quantitative estimate of drug-likeness (QED) is 0.256. The van der Waals surface area contributed by atoms with Crippen molar-refractivity contribution in [3.05, 3.63) is 12.7 Å². The number of hydrogen-bond donors (Lipinski definition) is 2. The molecule has 0 aromatic carbocycles. The van der Waals surface area contributed by atoms with Gasteiger partial charge in [0.25, 0.3) is 0 Å². The van der Waals surface area contributed by atoms with E-state index < -0.39 is 21.1 Å². The second-order valence-corrected chi connectivity index (χ2v) is 5.83. The second-order valence-electron chi connectivity index (χ2n) is 3.55. The highest BCUT2D eigenvalue weighted by molar-refractivity contribution is 6.48. The summed E-state index contributed by atoms with van der Waals surface area (Å²) in [6, 6.07) is 0.807. The number of ether oxygens (including phenoxy) is 2. The van der Waals surface area contributed by atoms with Gasteiger partial charge in [-0.2, -0.15) is 0 Å². The summed E-state index contributed by atoms with van der Waals surface area (Å²) in [6.07, 6.45) is 1.02. The van der Waals surface area contributed by atoms with Gasteiger partial charge >= 0.3 is 5.97 Å². The molecule has 0 radical (unpaired) electrons. The van der Waals surface area contributed by atoms with Crippen LogP contribution in [-0.2, 0) is 14.3 Å². The Bertz CT molecular complexity index is 207. The highest BCUT2D eigenvalue weighted by Gasteiger charge is 2.07. The molecule has 94 valence electrons. The third-order valence-electron chi connectivity index (χ3n) is 1.81. The minimum absolute atomic E-state index is 0.0873. The van der Waals surface area contributed by atoms with Crippen LogP contribution in [0.4, 0.5) is 0 Å². The molecule has 0 amide bonds. The van der Waals surface area contributed by atoms with Gasteiger partial charge in [-0.25, -0.2) is 4.79 Å². The zero-order valence-corrected chi connectivity index (χ0v) is 10.7. The third kappa shape index (κ3) is 9.85. The summed E-state index contributed by atoms with van der Waals surface area (Å²) in [4.78, 5) is 19.8. The van der Waals surface area contributed by atoms with Gasteiger partial charge in [0, 0.05) is 12.7 Å². The Morgan fingerprint density at radius 1 is 1.56 bits per heavy atom. The Hall–Kier alpha value is -0.693. The van der Waals surface area contributed by atoms with Gasteiger partial charge in [0.1, 0.15) is 12.7 Å². The van der Waals surface area contributed by atoms with Crippen molar-refractivity contribution in [3.63, 3.8) is 0 Å². The van der Waals surface area contributed by atoms with Crippen molar-refractivity contribution in [2.75, 3.05) is 19.8 Å². The van der Waals surface area contributed by atoms with Crippen molar-refractivity contribution >= 4 is 15.0 Å². The molecule has 0 aliphatic rings. The van der Waals surface area contributed by atoms with Crippen LogP contribution in [0.3, 0.4) is 0 Å². The van der Waals surface area contributed by atoms with Gasteiger partial charge in [-0.3, -0.25) is 0 Å². The van der Waals surface area contributed by atoms with E-state index in [0.717, 1.165) is 18.5 Å². The third-order valence-corrected chi connectivity index (χ3v) is 3.05. The lowest BCUT2D eigenvalue weighted by Crippen LogP contribution is -2.23. The first-order valence-corrected chi connectivity index (χ1v) is 7.78. The fourth-order valence-electron chi connectivity index (χ4n) is 0.986. The number of hydrogen-bond acceptors (Lipinski definition) is 5. The summed E-state index contributed by atoms with van der Waals surface area (Å²) >= 11 is 0. The van der Waals surface area contributed by atoms with E-state index in [1.54, 1.807) is 0 Å². The van der Waals surface area contributed by atoms with Gasteiger partial charge in [-0.1, -0.05) is 6.58 Å². The van der Waals surface area contributed by atoms with Gasteiger partial charge in [0.05, 0.1) is 6.61 Å². The van der Waals surface area contributed by atoms with Crippen molar-refractivity contribution in [1.29, 1.82) is 0 Å². The number of carbonyl (C=O) groups excluding carboxylic acids is 1. The minimum atomic E-state index is -1.49. The summed E-state index contributed by atoms with van der Waals surface area (Å²) in [5.74, 6) is -0.556. The predicted molar refractivity (Wildman–Crippen MR) is 62.6 cm³/mol. The molecule has 0 saturated heterocycles. The standard InChI is InChI=1S/C10H20O5Si/c1-3-10(12)15-8-9(11)7-14-5-4-6-16(2)13/h3,9,11,13,16H,1,4-8H2,2H3. The molecule has 2 unspecified atom stereocenters. The van der Waals surface area contributed by atoms with Crippen molar-refractivity contribution in [2.45, 2.75) is 25.1 Å². The molecular weight excluding hydrogens is 228 g/mol. The average Bonchev–Trinajstić information content (AvgIpc) is 2.24. The van der Waals surface area contributed by atoms with Gasteiger partial charge in [0.2, 0.25) is 0 Å². The normalized spacial score (nSPS) is 14.2. The molecule has 2 atom stereocenters. The van der Waals surface area contributed by atoms with Gasteiger partial charge in [-0.05, 0) is 19.0 Å². The fraction of sp³-hybridized carbons (Fsp3) is 0.700. The Morgan fingerprint density at radius 2 is 2.25 bits per heavy atom. The number of aliphatic hydroxyl groups excluding tert-OH is 1. The number of rotatable bonds is 9. The lowest BCUT2D eigenvalue weighted by Gasteiger charge is -2.11. The van der Waals surface area contributed by atoms with E-state index in [1.165, 1.54) is 0 Å². The average molecular weight is 248 g/mol. The fourth-order valence-corrected chi connectivity index (χ4v) is 1.74. The molecule has 0 spiro atoms. The Balaban J connectivity index is 3.33. The molecule has 0 aromatic heterocycles. The first-order chi connectivity index (χ1) is 7.56. The highest BCUT2D eigenvalue weighted by Crippen LogP contribution is 1.96. The first kappa shape index (κ1) is 15.3. The summed E-state index contributed by atoms with van der Waals surface area (Å²) < 4.78 is 9.78. The molecule has 0 heterocycles. The van der Waals surface area contributed by atoms with E-state index in [0.29, 0.717) is 6.61 Å². The van der Waals surface area contributed by atoms with Crippen molar-refractivity contribution in [1.82, 2.24) is 0 Å². The molecule has 5 nitrogen and oxygen atoms in total. The van der Waals surface area contributed by atoms with Crippen LogP contribution in [0.15, 0.2) is 12.7 Å². The molecule has 0 aromatic rings. The number of carbonyl (C=O) groups is 1. The largest absolute Gasteiger partial charge is 0.460 e. The van der Waals surface area contributed by atoms with E-state index in [4.69, 9.17) is 9.53 Å². The maximum absolute atomic E-state index is 10.7. The zero-order chi connectivity index (χ0) is 12.4. The van der Waals surface area contributed by atoms with E-state index in [-0.39, 0.29) is 13.2 Å². The Morgan fingerprint density at radius 3 is 2.81 bits per heavy atom. The topological polar surface area (TPSA) is 76.0 Å². The maximum Gasteiger partial charge on any atom is 0.330 e. The molecule has 0 saturated carbocycles. The van der Waals surface area contributed by atoms with E-state index >= 15 is 0 Å². The van der Waals surface area contributed by atoms with Crippen LogP contribution in [0, 0.1) is 0 Å². The lowest BCUT2D eigenvalue weighted by molar-refractivity contribution is -0.141. The van der Waals surface area contributed by atoms with Crippen molar-refractivity contribution in [2.24, 2.45) is 0 Å². The highest BCUT2D eigenvalue weighted by atomic mass is 28.3. The van der Waals surface area contributed by atoms with Crippen LogP contribution >= 0.6 is 0 Å². The Labute approximate surface area is 97.4 Å². The van der Waals surface area contributed by atoms with Gasteiger partial charge in [0.15, 0.2) is 9.04 Å². The van der Waals surface area contributed by atoms with Crippen LogP contribution in [-0.4, -0.2) is 50.8 Å². The van der Waals surface area contributed by atoms with Gasteiger partial charge in [-0.15, -0.1) is 0 Å². The number of aliphatic hydroxyl groups is 1. The van der Waals surface area contributed by atoms with Gasteiger partial charge < -0.3 is 19.4 Å². The maximum atomic E-state index is 10.7. The van der Waals surface area contributed by atoms with Crippen LogP contribution < -0.4 is 0 Å². The van der Waals surface area contributed by atoms with Crippen LogP contribution in [0.1, 0.15) is 6.42 Å². The predicted octanol–water partition coefficient (Wildman–Crippen LogP) is -0.171.